The van der Waals surface area contributed by atoms with Crippen LogP contribution in [-0.2, 0) is 31.9 Å². The van der Waals surface area contributed by atoms with Gasteiger partial charge in [-0.2, -0.15) is 0 Å². The lowest BCUT2D eigenvalue weighted by Gasteiger charge is -2.11. The topological polar surface area (TPSA) is 81.7 Å². The third-order valence-corrected chi connectivity index (χ3v) is 5.58. The summed E-state index contributed by atoms with van der Waals surface area (Å²) in [6.07, 6.45) is 6.64. The maximum Gasteiger partial charge on any atom is 0.341 e. The van der Waals surface area contributed by atoms with E-state index in [9.17, 15) is 14.4 Å². The van der Waals surface area contributed by atoms with Crippen LogP contribution >= 0.6 is 11.3 Å². The van der Waals surface area contributed by atoms with Crippen LogP contribution in [0.5, 0.6) is 0 Å². The van der Waals surface area contributed by atoms with Gasteiger partial charge in [0.05, 0.1) is 12.7 Å². The fourth-order valence-electron chi connectivity index (χ4n) is 3.05. The number of esters is 2. The number of methoxy groups -OCH3 is 1. The maximum atomic E-state index is 12.2. The number of anilines is 1. The molecule has 1 N–H and O–H groups in total. The summed E-state index contributed by atoms with van der Waals surface area (Å²) in [5.41, 5.74) is 2.24. The highest BCUT2D eigenvalue weighted by atomic mass is 32.1. The molecular formula is C21H21NO5S. The Morgan fingerprint density at radius 2 is 1.89 bits per heavy atom. The van der Waals surface area contributed by atoms with Crippen LogP contribution < -0.4 is 5.32 Å². The van der Waals surface area contributed by atoms with Crippen LogP contribution in [0.3, 0.4) is 0 Å². The molecule has 0 unspecified atom stereocenters. The number of nitrogens with one attached hydrogen (secondary N) is 1. The number of rotatable bonds is 6. The number of hydrogen-bond donors (Lipinski definition) is 1. The Morgan fingerprint density at radius 3 is 2.64 bits per heavy atom. The Bertz CT molecular complexity index is 901. The Labute approximate surface area is 167 Å². The van der Waals surface area contributed by atoms with Crippen molar-refractivity contribution in [3.8, 4) is 0 Å². The maximum absolute atomic E-state index is 12.2. The van der Waals surface area contributed by atoms with Crippen LogP contribution in [-0.4, -0.2) is 31.6 Å². The molecule has 0 saturated carbocycles. The number of thiophene rings is 1. The quantitative estimate of drug-likeness (QED) is 0.593. The third-order valence-electron chi connectivity index (χ3n) is 4.37. The van der Waals surface area contributed by atoms with Crippen LogP contribution in [0, 0.1) is 0 Å². The van der Waals surface area contributed by atoms with E-state index in [1.165, 1.54) is 24.5 Å². The number of hydrogen-bond acceptors (Lipinski definition) is 6. The van der Waals surface area contributed by atoms with Crippen LogP contribution in [0.2, 0.25) is 0 Å². The zero-order valence-electron chi connectivity index (χ0n) is 15.5. The first-order valence-electron chi connectivity index (χ1n) is 9.01. The summed E-state index contributed by atoms with van der Waals surface area (Å²) in [5, 5.41) is 3.15. The lowest BCUT2D eigenvalue weighted by atomic mass is 9.95. The number of carbonyl (C=O) groups is 3. The molecule has 28 heavy (non-hydrogen) atoms. The molecule has 1 aromatic carbocycles. The van der Waals surface area contributed by atoms with E-state index in [-0.39, 0.29) is 0 Å². The van der Waals surface area contributed by atoms with Crippen LogP contribution in [0.15, 0.2) is 36.4 Å². The van der Waals surface area contributed by atoms with E-state index >= 15 is 0 Å². The van der Waals surface area contributed by atoms with Gasteiger partial charge < -0.3 is 14.8 Å². The second-order valence-electron chi connectivity index (χ2n) is 6.31. The second-order valence-corrected chi connectivity index (χ2v) is 7.41. The molecule has 0 radical (unpaired) electrons. The molecule has 1 heterocycles. The van der Waals surface area contributed by atoms with Gasteiger partial charge in [0.25, 0.3) is 5.91 Å². The standard InChI is InChI=1S/C21H21NO5S/c1-26-21(25)19-15-9-5-6-10-16(15)28-20(19)22-17(23)13-27-18(24)12-11-14-7-3-2-4-8-14/h2-4,7-8,11-12H,5-6,9-10,13H2,1H3,(H,22,23)/b12-11+. The molecule has 1 amide bonds. The number of aryl methyl sites for hydroxylation is 1. The summed E-state index contributed by atoms with van der Waals surface area (Å²) in [7, 11) is 1.32. The molecule has 2 aromatic rings. The Morgan fingerprint density at radius 1 is 1.14 bits per heavy atom. The summed E-state index contributed by atoms with van der Waals surface area (Å²) in [6.45, 7) is -0.429. The first-order valence-corrected chi connectivity index (χ1v) is 9.82. The average Bonchev–Trinajstić information content (AvgIpc) is 3.08. The molecule has 1 aliphatic rings. The lowest BCUT2D eigenvalue weighted by molar-refractivity contribution is -0.142. The van der Waals surface area contributed by atoms with E-state index in [2.05, 4.69) is 5.32 Å². The molecule has 0 spiro atoms. The summed E-state index contributed by atoms with van der Waals surface area (Å²) in [4.78, 5) is 37.3. The monoisotopic (exact) mass is 399 g/mol. The molecule has 0 atom stereocenters. The van der Waals surface area contributed by atoms with Gasteiger partial charge in [0.15, 0.2) is 6.61 Å². The molecule has 7 heteroatoms. The Hall–Kier alpha value is -2.93. The number of benzene rings is 1. The van der Waals surface area contributed by atoms with Crippen LogP contribution in [0.4, 0.5) is 5.00 Å². The zero-order chi connectivity index (χ0) is 19.9. The van der Waals surface area contributed by atoms with Crippen LogP contribution in [0.25, 0.3) is 6.08 Å². The van der Waals surface area contributed by atoms with Gasteiger partial charge >= 0.3 is 11.9 Å². The van der Waals surface area contributed by atoms with E-state index in [4.69, 9.17) is 9.47 Å². The molecule has 0 saturated heterocycles. The van der Waals surface area contributed by atoms with Gasteiger partial charge in [0.1, 0.15) is 5.00 Å². The van der Waals surface area contributed by atoms with E-state index in [1.807, 2.05) is 30.3 Å². The van der Waals surface area contributed by atoms with Crippen molar-refractivity contribution in [1.82, 2.24) is 0 Å². The minimum absolute atomic E-state index is 0.422. The Kier molecular flexibility index (Phi) is 6.60. The highest BCUT2D eigenvalue weighted by molar-refractivity contribution is 7.17. The van der Waals surface area contributed by atoms with Crippen molar-refractivity contribution >= 4 is 40.3 Å². The SMILES string of the molecule is COC(=O)c1c(NC(=O)COC(=O)/C=C/c2ccccc2)sc2c1CCCC2. The van der Waals surface area contributed by atoms with Crippen molar-refractivity contribution in [2.24, 2.45) is 0 Å². The number of amides is 1. The first kappa shape index (κ1) is 19.8. The van der Waals surface area contributed by atoms with Crippen molar-refractivity contribution in [3.63, 3.8) is 0 Å². The van der Waals surface area contributed by atoms with Crippen molar-refractivity contribution < 1.29 is 23.9 Å². The normalized spacial score (nSPS) is 13.0. The van der Waals surface area contributed by atoms with E-state index < -0.39 is 24.5 Å². The molecular weight excluding hydrogens is 378 g/mol. The van der Waals surface area contributed by atoms with E-state index in [1.54, 1.807) is 6.08 Å². The summed E-state index contributed by atoms with van der Waals surface area (Å²) >= 11 is 1.39. The highest BCUT2D eigenvalue weighted by Crippen LogP contribution is 2.38. The van der Waals surface area contributed by atoms with Crippen molar-refractivity contribution in [3.05, 3.63) is 58.0 Å². The van der Waals surface area contributed by atoms with Crippen molar-refractivity contribution in [2.45, 2.75) is 25.7 Å². The summed E-state index contributed by atoms with van der Waals surface area (Å²) in [6, 6.07) is 9.30. The third kappa shape index (κ3) is 4.86. The van der Waals surface area contributed by atoms with Crippen molar-refractivity contribution in [2.75, 3.05) is 19.0 Å². The molecule has 3 rings (SSSR count). The fraction of sp³-hybridized carbons (Fsp3) is 0.286. The van der Waals surface area contributed by atoms with Crippen molar-refractivity contribution in [1.29, 1.82) is 0 Å². The van der Waals surface area contributed by atoms with Crippen LogP contribution in [0.1, 0.15) is 39.2 Å². The average molecular weight is 399 g/mol. The van der Waals surface area contributed by atoms with Gasteiger partial charge in [-0.05, 0) is 42.9 Å². The van der Waals surface area contributed by atoms with Gasteiger partial charge in [0, 0.05) is 11.0 Å². The molecule has 0 bridgehead atoms. The number of ether oxygens (including phenoxy) is 2. The molecule has 1 aliphatic carbocycles. The first-order chi connectivity index (χ1) is 13.6. The second kappa shape index (κ2) is 9.32. The van der Waals surface area contributed by atoms with Gasteiger partial charge in [-0.3, -0.25) is 4.79 Å². The molecule has 6 nitrogen and oxygen atoms in total. The minimum atomic E-state index is -0.613. The van der Waals surface area contributed by atoms with E-state index in [0.29, 0.717) is 10.6 Å². The summed E-state index contributed by atoms with van der Waals surface area (Å²) < 4.78 is 9.85. The highest BCUT2D eigenvalue weighted by Gasteiger charge is 2.27. The van der Waals surface area contributed by atoms with Gasteiger partial charge in [0.2, 0.25) is 0 Å². The fourth-order valence-corrected chi connectivity index (χ4v) is 4.34. The lowest BCUT2D eigenvalue weighted by Crippen LogP contribution is -2.21. The molecule has 0 fully saturated rings. The predicted octanol–water partition coefficient (Wildman–Crippen LogP) is 3.61. The zero-order valence-corrected chi connectivity index (χ0v) is 16.3. The van der Waals surface area contributed by atoms with Gasteiger partial charge in [-0.15, -0.1) is 11.3 Å². The Balaban J connectivity index is 1.60. The smallest absolute Gasteiger partial charge is 0.341 e. The van der Waals surface area contributed by atoms with E-state index in [0.717, 1.165) is 41.7 Å². The van der Waals surface area contributed by atoms with Gasteiger partial charge in [-0.25, -0.2) is 9.59 Å². The molecule has 146 valence electrons. The predicted molar refractivity (Wildman–Crippen MR) is 107 cm³/mol. The number of carbonyl (C=O) groups excluding carboxylic acids is 3. The van der Waals surface area contributed by atoms with Gasteiger partial charge in [-0.1, -0.05) is 30.3 Å². The number of fused-ring (bicyclic) bond motifs is 1. The summed E-state index contributed by atoms with van der Waals surface area (Å²) in [5.74, 6) is -1.57. The molecule has 0 aliphatic heterocycles. The molecule has 1 aromatic heterocycles. The largest absolute Gasteiger partial charge is 0.465 e. The minimum Gasteiger partial charge on any atom is -0.465 e.